The molecule has 3 rings (SSSR count). The fraction of sp³-hybridized carbons (Fsp3) is 0.278. The van der Waals surface area contributed by atoms with Crippen molar-refractivity contribution in [2.45, 2.75) is 32.9 Å². The number of fused-ring (bicyclic) bond motifs is 1. The van der Waals surface area contributed by atoms with E-state index >= 15 is 0 Å². The predicted molar refractivity (Wildman–Crippen MR) is 102 cm³/mol. The van der Waals surface area contributed by atoms with Gasteiger partial charge in [0.25, 0.3) is 5.56 Å². The van der Waals surface area contributed by atoms with Crippen LogP contribution in [0.25, 0.3) is 20.7 Å². The number of rotatable bonds is 3. The van der Waals surface area contributed by atoms with Crippen LogP contribution in [0, 0.1) is 0 Å². The minimum absolute atomic E-state index is 0.0484. The van der Waals surface area contributed by atoms with E-state index in [1.807, 2.05) is 51.1 Å². The maximum absolute atomic E-state index is 12.7. The van der Waals surface area contributed by atoms with Crippen molar-refractivity contribution in [3.63, 3.8) is 0 Å². The van der Waals surface area contributed by atoms with Crippen LogP contribution in [0.2, 0.25) is 5.02 Å². The lowest BCUT2D eigenvalue weighted by Crippen LogP contribution is -2.43. The quantitative estimate of drug-likeness (QED) is 0.759. The number of carbonyl (C=O) groups excluding carboxylic acids is 1. The van der Waals surface area contributed by atoms with Crippen LogP contribution in [-0.2, 0) is 11.3 Å². The molecule has 130 valence electrons. The van der Waals surface area contributed by atoms with Gasteiger partial charge in [-0.2, -0.15) is 0 Å². The fourth-order valence-corrected chi connectivity index (χ4v) is 3.62. The van der Waals surface area contributed by atoms with E-state index in [0.717, 1.165) is 10.4 Å². The highest BCUT2D eigenvalue weighted by Crippen LogP contribution is 2.31. The average Bonchev–Trinajstić information content (AvgIpc) is 2.94. The molecular weight excluding hydrogens is 358 g/mol. The molecule has 0 saturated carbocycles. The fourth-order valence-electron chi connectivity index (χ4n) is 2.43. The molecular formula is C18H18ClN3O2S. The summed E-state index contributed by atoms with van der Waals surface area (Å²) >= 11 is 7.28. The van der Waals surface area contributed by atoms with Crippen molar-refractivity contribution in [3.8, 4) is 10.4 Å². The van der Waals surface area contributed by atoms with E-state index in [0.29, 0.717) is 15.2 Å². The number of nitrogens with one attached hydrogen (secondary N) is 1. The molecule has 7 heteroatoms. The van der Waals surface area contributed by atoms with Crippen molar-refractivity contribution in [3.05, 3.63) is 52.0 Å². The van der Waals surface area contributed by atoms with Crippen LogP contribution in [-0.4, -0.2) is 21.0 Å². The number of thiophene rings is 1. The molecule has 0 unspecified atom stereocenters. The summed E-state index contributed by atoms with van der Waals surface area (Å²) in [6.45, 7) is 5.64. The molecule has 25 heavy (non-hydrogen) atoms. The molecule has 1 N–H and O–H groups in total. The molecule has 5 nitrogen and oxygen atoms in total. The standard InChI is InChI=1S/C18H18ClN3O2S/c1-18(2,3)21-15(23)9-22-10-20-13-8-14(25-16(13)17(22)24)11-4-6-12(19)7-5-11/h4-8,10H,9H2,1-3H3,(H,21,23). The second kappa shape index (κ2) is 6.61. The molecule has 0 radical (unpaired) electrons. The summed E-state index contributed by atoms with van der Waals surface area (Å²) in [6.07, 6.45) is 1.42. The third-order valence-electron chi connectivity index (χ3n) is 3.46. The van der Waals surface area contributed by atoms with Gasteiger partial charge in [0.2, 0.25) is 5.91 Å². The van der Waals surface area contributed by atoms with Gasteiger partial charge in [0, 0.05) is 15.4 Å². The van der Waals surface area contributed by atoms with Crippen LogP contribution in [0.5, 0.6) is 0 Å². The average molecular weight is 376 g/mol. The zero-order valence-electron chi connectivity index (χ0n) is 14.2. The molecule has 0 bridgehead atoms. The molecule has 0 aliphatic carbocycles. The van der Waals surface area contributed by atoms with Crippen LogP contribution in [0.1, 0.15) is 20.8 Å². The smallest absolute Gasteiger partial charge is 0.271 e. The monoisotopic (exact) mass is 375 g/mol. The molecule has 0 aliphatic rings. The number of carbonyl (C=O) groups is 1. The van der Waals surface area contributed by atoms with Crippen LogP contribution in [0.15, 0.2) is 41.5 Å². The molecule has 0 saturated heterocycles. The van der Waals surface area contributed by atoms with E-state index in [9.17, 15) is 9.59 Å². The van der Waals surface area contributed by atoms with Crippen LogP contribution >= 0.6 is 22.9 Å². The zero-order chi connectivity index (χ0) is 18.2. The molecule has 0 fully saturated rings. The van der Waals surface area contributed by atoms with Crippen molar-refractivity contribution in [2.24, 2.45) is 0 Å². The van der Waals surface area contributed by atoms with E-state index in [4.69, 9.17) is 11.6 Å². The Bertz CT molecular complexity index is 984. The first-order valence-corrected chi connectivity index (χ1v) is 8.98. The van der Waals surface area contributed by atoms with Gasteiger partial charge < -0.3 is 5.32 Å². The molecule has 2 heterocycles. The Labute approximate surface area is 154 Å². The SMILES string of the molecule is CC(C)(C)NC(=O)Cn1cnc2cc(-c3ccc(Cl)cc3)sc2c1=O. The summed E-state index contributed by atoms with van der Waals surface area (Å²) in [5.74, 6) is -0.217. The van der Waals surface area contributed by atoms with Crippen molar-refractivity contribution in [2.75, 3.05) is 0 Å². The van der Waals surface area contributed by atoms with Crippen LogP contribution < -0.4 is 10.9 Å². The third-order valence-corrected chi connectivity index (χ3v) is 4.87. The maximum atomic E-state index is 12.7. The Morgan fingerprint density at radius 1 is 1.28 bits per heavy atom. The minimum Gasteiger partial charge on any atom is -0.350 e. The summed E-state index contributed by atoms with van der Waals surface area (Å²) in [4.78, 5) is 30.0. The van der Waals surface area contributed by atoms with Gasteiger partial charge in [-0.25, -0.2) is 4.98 Å². The van der Waals surface area contributed by atoms with Crippen molar-refractivity contribution >= 4 is 39.1 Å². The summed E-state index contributed by atoms with van der Waals surface area (Å²) in [5, 5.41) is 3.51. The molecule has 1 amide bonds. The summed E-state index contributed by atoms with van der Waals surface area (Å²) < 4.78 is 1.88. The normalized spacial score (nSPS) is 11.7. The third kappa shape index (κ3) is 4.08. The lowest BCUT2D eigenvalue weighted by Gasteiger charge is -2.20. The van der Waals surface area contributed by atoms with Gasteiger partial charge in [-0.1, -0.05) is 23.7 Å². The highest BCUT2D eigenvalue weighted by molar-refractivity contribution is 7.22. The van der Waals surface area contributed by atoms with Gasteiger partial charge in [-0.15, -0.1) is 11.3 Å². The molecule has 1 aromatic carbocycles. The Kier molecular flexibility index (Phi) is 4.67. The first kappa shape index (κ1) is 17.6. The highest BCUT2D eigenvalue weighted by atomic mass is 35.5. The molecule has 2 aromatic heterocycles. The summed E-state index contributed by atoms with van der Waals surface area (Å²) in [6, 6.07) is 9.31. The van der Waals surface area contributed by atoms with Crippen molar-refractivity contribution < 1.29 is 4.79 Å². The van der Waals surface area contributed by atoms with Gasteiger partial charge in [0.15, 0.2) is 0 Å². The van der Waals surface area contributed by atoms with Crippen LogP contribution in [0.4, 0.5) is 0 Å². The number of halogens is 1. The molecule has 0 aliphatic heterocycles. The Balaban J connectivity index is 1.93. The number of amides is 1. The zero-order valence-corrected chi connectivity index (χ0v) is 15.7. The van der Waals surface area contributed by atoms with E-state index in [1.165, 1.54) is 22.2 Å². The van der Waals surface area contributed by atoms with E-state index in [1.54, 1.807) is 0 Å². The molecule has 0 spiro atoms. The summed E-state index contributed by atoms with van der Waals surface area (Å²) in [7, 11) is 0. The van der Waals surface area contributed by atoms with E-state index in [-0.39, 0.29) is 23.6 Å². The first-order chi connectivity index (χ1) is 11.7. The number of benzene rings is 1. The van der Waals surface area contributed by atoms with E-state index in [2.05, 4.69) is 10.3 Å². The van der Waals surface area contributed by atoms with Crippen molar-refractivity contribution in [1.29, 1.82) is 0 Å². The van der Waals surface area contributed by atoms with Crippen molar-refractivity contribution in [1.82, 2.24) is 14.9 Å². The first-order valence-electron chi connectivity index (χ1n) is 7.79. The number of nitrogens with zero attached hydrogens (tertiary/aromatic N) is 2. The maximum Gasteiger partial charge on any atom is 0.271 e. The summed E-state index contributed by atoms with van der Waals surface area (Å²) in [5.41, 5.74) is 1.05. The van der Waals surface area contributed by atoms with Crippen LogP contribution in [0.3, 0.4) is 0 Å². The largest absolute Gasteiger partial charge is 0.350 e. The predicted octanol–water partition coefficient (Wildman–Crippen LogP) is 3.69. The van der Waals surface area contributed by atoms with Gasteiger partial charge in [0.1, 0.15) is 11.2 Å². The van der Waals surface area contributed by atoms with Gasteiger partial charge in [-0.05, 0) is 44.5 Å². The Morgan fingerprint density at radius 2 is 1.96 bits per heavy atom. The Hall–Kier alpha value is -2.18. The highest BCUT2D eigenvalue weighted by Gasteiger charge is 2.16. The number of hydrogen-bond donors (Lipinski definition) is 1. The molecule has 0 atom stereocenters. The minimum atomic E-state index is -0.344. The number of aromatic nitrogens is 2. The lowest BCUT2D eigenvalue weighted by molar-refractivity contribution is -0.123. The Morgan fingerprint density at radius 3 is 2.60 bits per heavy atom. The second-order valence-electron chi connectivity index (χ2n) is 6.81. The van der Waals surface area contributed by atoms with Gasteiger partial charge in [0.05, 0.1) is 11.8 Å². The second-order valence-corrected chi connectivity index (χ2v) is 8.30. The van der Waals surface area contributed by atoms with E-state index < -0.39 is 0 Å². The van der Waals surface area contributed by atoms with Gasteiger partial charge >= 0.3 is 0 Å². The van der Waals surface area contributed by atoms with Gasteiger partial charge in [-0.3, -0.25) is 14.2 Å². The topological polar surface area (TPSA) is 64.0 Å². The number of hydrogen-bond acceptors (Lipinski definition) is 4. The molecule has 3 aromatic rings. The lowest BCUT2D eigenvalue weighted by atomic mass is 10.1.